The molecule has 0 aromatic carbocycles. The van der Waals surface area contributed by atoms with Crippen molar-refractivity contribution >= 4 is 27.3 Å². The maximum Gasteiger partial charge on any atom is 0 e. The first-order chi connectivity index (χ1) is 0. The minimum atomic E-state index is 0. The first kappa shape index (κ1) is 1210. The van der Waals surface area contributed by atoms with Gasteiger partial charge in [-0.3, -0.25) is 0 Å². The van der Waals surface area contributed by atoms with Crippen LogP contribution in [0.15, 0.2) is 0 Å². The third-order valence-electron chi connectivity index (χ3n) is 0. The standard InChI is InChI=1S/8Mn.16H2O.Pb/h;;;;;;;;16*1H2;. The van der Waals surface area contributed by atoms with Crippen LogP contribution in [0.25, 0.3) is 0 Å². The Morgan fingerprint density at radius 2 is 0.120 bits per heavy atom. The van der Waals surface area contributed by atoms with Crippen LogP contribution >= 0.6 is 0 Å². The quantitative estimate of drug-likeness (QED) is 0.204. The van der Waals surface area contributed by atoms with Crippen molar-refractivity contribution in [3.63, 3.8) is 0 Å². The smallest absolute Gasteiger partial charge is 0 e. The Labute approximate surface area is 248 Å². The van der Waals surface area contributed by atoms with Gasteiger partial charge in [0.25, 0.3) is 0 Å². The zero-order valence-corrected chi connectivity index (χ0v) is 24.9. The molecule has 188 valence electrons. The molecule has 0 rings (SSSR count). The fraction of sp³-hybridized carbons (Fsp3) is 0. The van der Waals surface area contributed by atoms with E-state index >= 15 is 0 Å². The Morgan fingerprint density at radius 1 is 0.120 bits per heavy atom. The van der Waals surface area contributed by atoms with E-state index in [1.807, 2.05) is 0 Å². The van der Waals surface area contributed by atoms with Crippen LogP contribution in [0.3, 0.4) is 0 Å². The van der Waals surface area contributed by atoms with Crippen LogP contribution < -0.4 is 0 Å². The van der Waals surface area contributed by atoms with E-state index in [9.17, 15) is 0 Å². The SMILES string of the molecule is O.O.O.O.O.O.O.O.O.O.O.O.O.O.O.O.[Mn].[Mn].[Mn].[Mn].[Mn].[Mn].[Mn].[Mn].[Pb]. The van der Waals surface area contributed by atoms with Gasteiger partial charge in [0.15, 0.2) is 0 Å². The van der Waals surface area contributed by atoms with Gasteiger partial charge in [-0.05, 0) is 0 Å². The molecule has 32 N–H and O–H groups in total. The van der Waals surface area contributed by atoms with Crippen molar-refractivity contribution < 1.29 is 224 Å². The fourth-order valence-electron chi connectivity index (χ4n) is 0. The average Bonchev–Trinajstić information content (AvgIpc) is 0. The molecule has 0 bridgehead atoms. The Morgan fingerprint density at radius 3 is 0.120 bits per heavy atom. The third-order valence-corrected chi connectivity index (χ3v) is 0. The summed E-state index contributed by atoms with van der Waals surface area (Å²) in [6.07, 6.45) is 0. The summed E-state index contributed by atoms with van der Waals surface area (Å²) in [6, 6.07) is 0. The van der Waals surface area contributed by atoms with Gasteiger partial charge in [0.05, 0.1) is 0 Å². The van der Waals surface area contributed by atoms with Crippen molar-refractivity contribution in [3.05, 3.63) is 0 Å². The maximum absolute atomic E-state index is 0. The van der Waals surface area contributed by atoms with E-state index in [0.29, 0.717) is 0 Å². The Hall–Kier alpha value is 4.44. The van der Waals surface area contributed by atoms with E-state index in [2.05, 4.69) is 0 Å². The molecule has 25 heteroatoms. The summed E-state index contributed by atoms with van der Waals surface area (Å²) in [5, 5.41) is 0. The monoisotopic (exact) mass is 936 g/mol. The molecule has 0 spiro atoms. The fourth-order valence-corrected chi connectivity index (χ4v) is 0. The Bertz CT molecular complexity index is 28.1. The summed E-state index contributed by atoms with van der Waals surface area (Å²) < 4.78 is 0. The molecule has 16 nitrogen and oxygen atoms in total. The van der Waals surface area contributed by atoms with Gasteiger partial charge in [-0.1, -0.05) is 0 Å². The molecule has 0 heterocycles. The summed E-state index contributed by atoms with van der Waals surface area (Å²) in [7, 11) is 0. The van der Waals surface area contributed by atoms with Gasteiger partial charge in [-0.25, -0.2) is 0 Å². The van der Waals surface area contributed by atoms with Crippen molar-refractivity contribution in [2.45, 2.75) is 0 Å². The molecule has 0 aliphatic heterocycles. The van der Waals surface area contributed by atoms with Crippen LogP contribution in [-0.2, 0) is 137 Å². The number of hydrogen-bond donors (Lipinski definition) is 0. The van der Waals surface area contributed by atoms with E-state index in [0.717, 1.165) is 0 Å². The predicted molar refractivity (Wildman–Crippen MR) is 63.6 cm³/mol. The van der Waals surface area contributed by atoms with Crippen LogP contribution in [0, 0.1) is 0 Å². The zero-order valence-electron chi connectivity index (χ0n) is 11.5. The van der Waals surface area contributed by atoms with E-state index in [1.54, 1.807) is 0 Å². The van der Waals surface area contributed by atoms with Crippen molar-refractivity contribution in [2.24, 2.45) is 0 Å². The van der Waals surface area contributed by atoms with Gasteiger partial charge in [-0.2, -0.15) is 0 Å². The van der Waals surface area contributed by atoms with Crippen LogP contribution in [0.2, 0.25) is 0 Å². The van der Waals surface area contributed by atoms with Gasteiger partial charge in [-0.15, -0.1) is 0 Å². The van der Waals surface area contributed by atoms with E-state index in [4.69, 9.17) is 0 Å². The molecule has 0 fully saturated rings. The van der Waals surface area contributed by atoms with Gasteiger partial charge in [0.2, 0.25) is 0 Å². The summed E-state index contributed by atoms with van der Waals surface area (Å²) in [5.74, 6) is 0. The van der Waals surface area contributed by atoms with Crippen LogP contribution in [0.1, 0.15) is 0 Å². The normalized spacial score (nSPS) is 0. The molecule has 0 unspecified atom stereocenters. The summed E-state index contributed by atoms with van der Waals surface area (Å²) >= 11 is 0. The molecule has 0 saturated heterocycles. The van der Waals surface area contributed by atoms with Crippen molar-refractivity contribution in [1.29, 1.82) is 0 Å². The maximum atomic E-state index is 0. The summed E-state index contributed by atoms with van der Waals surface area (Å²) in [6.45, 7) is 0. The minimum Gasteiger partial charge on any atom is -0.412 e. The molecule has 25 heavy (non-hydrogen) atoms. The molecule has 0 saturated carbocycles. The largest absolute Gasteiger partial charge is 0.412 e. The minimum absolute atomic E-state index is 0. The van der Waals surface area contributed by atoms with Crippen LogP contribution in [-0.4, -0.2) is 115 Å². The van der Waals surface area contributed by atoms with Gasteiger partial charge in [0.1, 0.15) is 0 Å². The molecule has 0 amide bonds. The summed E-state index contributed by atoms with van der Waals surface area (Å²) in [4.78, 5) is 0. The van der Waals surface area contributed by atoms with E-state index in [1.165, 1.54) is 0 Å². The van der Waals surface area contributed by atoms with Gasteiger partial charge in [0, 0.05) is 164 Å². The molecule has 0 aliphatic carbocycles. The third kappa shape index (κ3) is 1010. The number of hydrogen-bond acceptors (Lipinski definition) is 0. The Kier molecular flexibility index (Phi) is 52600. The molecule has 12 radical (unpaired) electrons. The second-order valence-corrected chi connectivity index (χ2v) is 0. The van der Waals surface area contributed by atoms with Gasteiger partial charge >= 0.3 is 0 Å². The molecule has 0 aromatic rings. The average molecular weight is 935 g/mol. The first-order valence-corrected chi connectivity index (χ1v) is 0. The molecule has 0 aliphatic rings. The van der Waals surface area contributed by atoms with Crippen molar-refractivity contribution in [3.8, 4) is 0 Å². The molecular weight excluding hydrogens is 903 g/mol. The predicted octanol–water partition coefficient (Wildman–Crippen LogP) is -13.6. The number of rotatable bonds is 0. The van der Waals surface area contributed by atoms with E-state index in [-0.39, 0.29) is 251 Å². The summed E-state index contributed by atoms with van der Waals surface area (Å²) in [5.41, 5.74) is 0. The second-order valence-electron chi connectivity index (χ2n) is 0. The van der Waals surface area contributed by atoms with Crippen LogP contribution in [0.5, 0.6) is 0 Å². The Balaban J connectivity index is 0. The first-order valence-electron chi connectivity index (χ1n) is 0. The van der Waals surface area contributed by atoms with Crippen molar-refractivity contribution in [2.75, 3.05) is 0 Å². The van der Waals surface area contributed by atoms with Crippen LogP contribution in [0.4, 0.5) is 0 Å². The molecule has 0 atom stereocenters. The van der Waals surface area contributed by atoms with E-state index < -0.39 is 0 Å². The zero-order chi connectivity index (χ0) is 0. The van der Waals surface area contributed by atoms with Gasteiger partial charge < -0.3 is 87.6 Å². The van der Waals surface area contributed by atoms with Crippen molar-refractivity contribution in [1.82, 2.24) is 0 Å². The molecular formula is H32Mn8O16Pb. The topological polar surface area (TPSA) is 504 Å². The molecule has 0 aromatic heterocycles. The second kappa shape index (κ2) is 1090.